The molecule has 25 heavy (non-hydrogen) atoms. The number of benzene rings is 1. The third-order valence-corrected chi connectivity index (χ3v) is 3.98. The molecular weight excluding hydrogens is 379 g/mol. The van der Waals surface area contributed by atoms with Gasteiger partial charge >= 0.3 is 0 Å². The van der Waals surface area contributed by atoms with Gasteiger partial charge in [0.05, 0.1) is 31.8 Å². The minimum absolute atomic E-state index is 0. The number of hydrogen-bond acceptors (Lipinski definition) is 4. The fourth-order valence-electron chi connectivity index (χ4n) is 2.42. The predicted octanol–water partition coefficient (Wildman–Crippen LogP) is 1.83. The number of methoxy groups -OCH3 is 1. The van der Waals surface area contributed by atoms with Gasteiger partial charge in [0.15, 0.2) is 0 Å². The number of hydrogen-bond donors (Lipinski definition) is 2. The molecule has 1 unspecified atom stereocenters. The van der Waals surface area contributed by atoms with Crippen LogP contribution in [-0.4, -0.2) is 44.5 Å². The summed E-state index contributed by atoms with van der Waals surface area (Å²) in [5, 5.41) is 2.55. The summed E-state index contributed by atoms with van der Waals surface area (Å²) in [4.78, 5) is 25.6. The Balaban J connectivity index is 0.00000312. The van der Waals surface area contributed by atoms with Crippen LogP contribution in [0, 0.1) is 5.92 Å². The number of nitrogens with zero attached hydrogens (tertiary/aromatic N) is 1. The van der Waals surface area contributed by atoms with E-state index in [1.54, 1.807) is 18.2 Å². The van der Waals surface area contributed by atoms with Crippen LogP contribution in [0.5, 0.6) is 5.75 Å². The number of halogens is 4. The van der Waals surface area contributed by atoms with Gasteiger partial charge in [0.1, 0.15) is 5.75 Å². The van der Waals surface area contributed by atoms with Crippen LogP contribution in [0.2, 0.25) is 5.02 Å². The zero-order chi connectivity index (χ0) is 17.9. The minimum atomic E-state index is -3.17. The van der Waals surface area contributed by atoms with Gasteiger partial charge in [-0.3, -0.25) is 9.59 Å². The Bertz CT molecular complexity index is 646. The number of rotatable bonds is 6. The van der Waals surface area contributed by atoms with Gasteiger partial charge in [-0.1, -0.05) is 11.6 Å². The first-order valence-electron chi connectivity index (χ1n) is 7.27. The van der Waals surface area contributed by atoms with Gasteiger partial charge < -0.3 is 20.7 Å². The molecule has 0 aromatic heterocycles. The molecule has 0 saturated carbocycles. The summed E-state index contributed by atoms with van der Waals surface area (Å²) in [5.74, 6) is -4.38. The molecule has 2 rings (SSSR count). The monoisotopic (exact) mass is 397 g/mol. The highest BCUT2D eigenvalue weighted by molar-refractivity contribution is 6.31. The van der Waals surface area contributed by atoms with Crippen molar-refractivity contribution in [3.63, 3.8) is 0 Å². The van der Waals surface area contributed by atoms with Crippen LogP contribution < -0.4 is 20.7 Å². The quantitative estimate of drug-likeness (QED) is 0.766. The lowest BCUT2D eigenvalue weighted by atomic mass is 10.1. The Hall–Kier alpha value is -1.64. The van der Waals surface area contributed by atoms with Crippen LogP contribution in [0.1, 0.15) is 6.42 Å². The Morgan fingerprint density at radius 2 is 2.20 bits per heavy atom. The largest absolute Gasteiger partial charge is 0.495 e. The van der Waals surface area contributed by atoms with Crippen molar-refractivity contribution >= 4 is 41.5 Å². The molecule has 0 radical (unpaired) electrons. The van der Waals surface area contributed by atoms with Gasteiger partial charge in [0.2, 0.25) is 11.8 Å². The Labute approximate surface area is 155 Å². The summed E-state index contributed by atoms with van der Waals surface area (Å²) in [7, 11) is 1.45. The number of ether oxygens (including phenoxy) is 1. The van der Waals surface area contributed by atoms with Crippen LogP contribution in [0.25, 0.3) is 0 Å². The van der Waals surface area contributed by atoms with Gasteiger partial charge in [0.25, 0.3) is 5.92 Å². The lowest BCUT2D eigenvalue weighted by Crippen LogP contribution is -2.44. The summed E-state index contributed by atoms with van der Waals surface area (Å²) in [5.41, 5.74) is 5.36. The lowest BCUT2D eigenvalue weighted by Gasteiger charge is -2.20. The summed E-state index contributed by atoms with van der Waals surface area (Å²) in [6, 6.07) is 4.78. The van der Waals surface area contributed by atoms with Gasteiger partial charge in [-0.2, -0.15) is 0 Å². The third-order valence-electron chi connectivity index (χ3n) is 3.75. The second kappa shape index (κ2) is 8.64. The molecule has 1 aromatic rings. The fourth-order valence-corrected chi connectivity index (χ4v) is 2.59. The highest BCUT2D eigenvalue weighted by Crippen LogP contribution is 2.35. The number of nitrogens with two attached hydrogens (primary N) is 1. The maximum Gasteiger partial charge on any atom is 0.277 e. The predicted molar refractivity (Wildman–Crippen MR) is 92.7 cm³/mol. The average molecular weight is 398 g/mol. The van der Waals surface area contributed by atoms with E-state index in [1.807, 2.05) is 0 Å². The highest BCUT2D eigenvalue weighted by Gasteiger charge is 2.37. The van der Waals surface area contributed by atoms with Crippen molar-refractivity contribution in [1.82, 2.24) is 5.32 Å². The van der Waals surface area contributed by atoms with Gasteiger partial charge in [-0.05, 0) is 18.2 Å². The standard InChI is InChI=1S/C15H18ClF2N3O3.ClH/c1-24-12-3-2-10(16)5-11(12)21-6-9(4-13(21)22)14(23)20-8-15(17,18)7-19;/h2-3,5,9H,4,6-8,19H2,1H3,(H,20,23);1H. The summed E-state index contributed by atoms with van der Waals surface area (Å²) < 4.78 is 31.4. The molecule has 6 nitrogen and oxygen atoms in total. The fraction of sp³-hybridized carbons (Fsp3) is 0.467. The van der Waals surface area contributed by atoms with Crippen LogP contribution in [-0.2, 0) is 9.59 Å². The smallest absolute Gasteiger partial charge is 0.277 e. The van der Waals surface area contributed by atoms with E-state index in [0.717, 1.165) is 0 Å². The minimum Gasteiger partial charge on any atom is -0.495 e. The first kappa shape index (κ1) is 21.4. The summed E-state index contributed by atoms with van der Waals surface area (Å²) >= 11 is 5.95. The van der Waals surface area contributed by atoms with Crippen LogP contribution in [0.15, 0.2) is 18.2 Å². The van der Waals surface area contributed by atoms with E-state index < -0.39 is 30.8 Å². The Morgan fingerprint density at radius 1 is 1.52 bits per heavy atom. The molecule has 1 heterocycles. The Morgan fingerprint density at radius 3 is 2.80 bits per heavy atom. The summed E-state index contributed by atoms with van der Waals surface area (Å²) in [6.07, 6.45) is -0.0737. The molecule has 10 heteroatoms. The van der Waals surface area contributed by atoms with E-state index in [4.69, 9.17) is 22.1 Å². The molecule has 3 N–H and O–H groups in total. The van der Waals surface area contributed by atoms with Crippen molar-refractivity contribution in [2.24, 2.45) is 11.7 Å². The van der Waals surface area contributed by atoms with Crippen molar-refractivity contribution in [3.05, 3.63) is 23.2 Å². The molecule has 1 saturated heterocycles. The maximum absolute atomic E-state index is 13.1. The number of carbonyl (C=O) groups excluding carboxylic acids is 2. The second-order valence-electron chi connectivity index (χ2n) is 5.50. The molecule has 1 aliphatic rings. The van der Waals surface area contributed by atoms with Crippen LogP contribution in [0.3, 0.4) is 0 Å². The van der Waals surface area contributed by atoms with Crippen molar-refractivity contribution in [3.8, 4) is 5.75 Å². The number of anilines is 1. The molecule has 0 aliphatic carbocycles. The van der Waals surface area contributed by atoms with E-state index in [2.05, 4.69) is 5.32 Å². The van der Waals surface area contributed by atoms with E-state index >= 15 is 0 Å². The highest BCUT2D eigenvalue weighted by atomic mass is 35.5. The second-order valence-corrected chi connectivity index (χ2v) is 5.94. The molecule has 1 fully saturated rings. The first-order valence-corrected chi connectivity index (χ1v) is 7.64. The molecule has 1 aliphatic heterocycles. The zero-order valence-corrected chi connectivity index (χ0v) is 15.0. The Kier molecular flexibility index (Phi) is 7.40. The van der Waals surface area contributed by atoms with Gasteiger partial charge in [-0.15, -0.1) is 12.4 Å². The first-order chi connectivity index (χ1) is 11.3. The molecule has 140 valence electrons. The number of nitrogens with one attached hydrogen (secondary N) is 1. The van der Waals surface area contributed by atoms with E-state index in [0.29, 0.717) is 16.5 Å². The number of amides is 2. The van der Waals surface area contributed by atoms with Crippen LogP contribution in [0.4, 0.5) is 14.5 Å². The number of carbonyl (C=O) groups is 2. The molecular formula is C15H19Cl2F2N3O3. The molecule has 1 aromatic carbocycles. The topological polar surface area (TPSA) is 84.7 Å². The maximum atomic E-state index is 13.1. The van der Waals surface area contributed by atoms with Gasteiger partial charge in [-0.25, -0.2) is 8.78 Å². The van der Waals surface area contributed by atoms with Crippen molar-refractivity contribution in [2.45, 2.75) is 12.3 Å². The van der Waals surface area contributed by atoms with Crippen LogP contribution >= 0.6 is 24.0 Å². The molecule has 0 spiro atoms. The van der Waals surface area contributed by atoms with E-state index in [9.17, 15) is 18.4 Å². The SMILES string of the molecule is COc1ccc(Cl)cc1N1CC(C(=O)NCC(F)(F)CN)CC1=O.Cl. The number of alkyl halides is 2. The summed E-state index contributed by atoms with van der Waals surface area (Å²) in [6.45, 7) is -1.65. The van der Waals surface area contributed by atoms with Gasteiger partial charge in [0, 0.05) is 18.0 Å². The molecule has 0 bridgehead atoms. The lowest BCUT2D eigenvalue weighted by molar-refractivity contribution is -0.127. The molecule has 2 amide bonds. The van der Waals surface area contributed by atoms with E-state index in [-0.39, 0.29) is 31.3 Å². The van der Waals surface area contributed by atoms with Crippen molar-refractivity contribution in [1.29, 1.82) is 0 Å². The third kappa shape index (κ3) is 5.17. The average Bonchev–Trinajstić information content (AvgIpc) is 2.94. The van der Waals surface area contributed by atoms with E-state index in [1.165, 1.54) is 12.0 Å². The van der Waals surface area contributed by atoms with Crippen molar-refractivity contribution in [2.75, 3.05) is 31.6 Å². The normalized spacial score (nSPS) is 17.2. The van der Waals surface area contributed by atoms with Crippen molar-refractivity contribution < 1.29 is 23.1 Å². The zero-order valence-electron chi connectivity index (χ0n) is 13.4. The molecule has 1 atom stereocenters.